The fourth-order valence-corrected chi connectivity index (χ4v) is 2.71. The highest BCUT2D eigenvalue weighted by molar-refractivity contribution is 6.31. The van der Waals surface area contributed by atoms with E-state index in [0.717, 1.165) is 37.1 Å². The van der Waals surface area contributed by atoms with E-state index in [1.165, 1.54) is 0 Å². The molecule has 0 unspecified atom stereocenters. The first-order valence-corrected chi connectivity index (χ1v) is 5.70. The maximum Gasteiger partial charge on any atom is 0.0937 e. The fourth-order valence-electron chi connectivity index (χ4n) is 2.31. The molecule has 1 heterocycles. The molecule has 0 aromatic heterocycles. The topological polar surface area (TPSA) is 32.3 Å². The van der Waals surface area contributed by atoms with Crippen molar-refractivity contribution >= 4 is 11.6 Å². The van der Waals surface area contributed by atoms with Crippen LogP contribution in [0.15, 0.2) is 18.2 Å². The van der Waals surface area contributed by atoms with Crippen LogP contribution in [-0.2, 0) is 5.60 Å². The lowest BCUT2D eigenvalue weighted by atomic mass is 9.83. The van der Waals surface area contributed by atoms with Gasteiger partial charge < -0.3 is 10.4 Å². The van der Waals surface area contributed by atoms with Crippen LogP contribution in [0.1, 0.15) is 24.0 Å². The summed E-state index contributed by atoms with van der Waals surface area (Å²) in [4.78, 5) is 0. The third kappa shape index (κ3) is 2.03. The second-order valence-corrected chi connectivity index (χ2v) is 4.62. The number of halogens is 1. The van der Waals surface area contributed by atoms with Crippen LogP contribution in [0.4, 0.5) is 0 Å². The molecule has 3 heteroatoms. The highest BCUT2D eigenvalue weighted by atomic mass is 35.5. The van der Waals surface area contributed by atoms with Crippen molar-refractivity contribution in [3.63, 3.8) is 0 Å². The molecule has 0 bridgehead atoms. The van der Waals surface area contributed by atoms with Crippen molar-refractivity contribution in [3.05, 3.63) is 34.3 Å². The van der Waals surface area contributed by atoms with Crippen molar-refractivity contribution in [3.8, 4) is 0 Å². The zero-order chi connectivity index (χ0) is 10.9. The van der Waals surface area contributed by atoms with Gasteiger partial charge in [-0.3, -0.25) is 0 Å². The standard InChI is InChI=1S/C12H16ClNO/c1-9-3-2-4-10(13)11(9)12(15)5-7-14-8-6-12/h2-4,14-15H,5-8H2,1H3. The van der Waals surface area contributed by atoms with Crippen LogP contribution in [-0.4, -0.2) is 18.2 Å². The lowest BCUT2D eigenvalue weighted by Crippen LogP contribution is -2.40. The van der Waals surface area contributed by atoms with Gasteiger partial charge in [-0.15, -0.1) is 0 Å². The van der Waals surface area contributed by atoms with E-state index in [1.54, 1.807) is 0 Å². The molecule has 0 spiro atoms. The predicted octanol–water partition coefficient (Wildman–Crippen LogP) is 2.22. The molecule has 1 aliphatic rings. The van der Waals surface area contributed by atoms with E-state index < -0.39 is 5.60 Å². The third-order valence-corrected chi connectivity index (χ3v) is 3.43. The summed E-state index contributed by atoms with van der Waals surface area (Å²) in [5, 5.41) is 14.5. The van der Waals surface area contributed by atoms with Crippen molar-refractivity contribution in [2.45, 2.75) is 25.4 Å². The lowest BCUT2D eigenvalue weighted by Gasteiger charge is -2.34. The zero-order valence-corrected chi connectivity index (χ0v) is 9.64. The molecule has 0 saturated carbocycles. The molecule has 2 N–H and O–H groups in total. The Morgan fingerprint density at radius 2 is 2.00 bits per heavy atom. The normalized spacial score (nSPS) is 20.2. The smallest absolute Gasteiger partial charge is 0.0937 e. The molecule has 1 aromatic carbocycles. The zero-order valence-electron chi connectivity index (χ0n) is 8.89. The van der Waals surface area contributed by atoms with E-state index in [2.05, 4.69) is 5.32 Å². The lowest BCUT2D eigenvalue weighted by molar-refractivity contribution is 0.00549. The van der Waals surface area contributed by atoms with Gasteiger partial charge in [-0.25, -0.2) is 0 Å². The SMILES string of the molecule is Cc1cccc(Cl)c1C1(O)CCNCC1. The average Bonchev–Trinajstić information content (AvgIpc) is 2.18. The first-order valence-electron chi connectivity index (χ1n) is 5.32. The Morgan fingerprint density at radius 1 is 1.33 bits per heavy atom. The van der Waals surface area contributed by atoms with Gasteiger partial charge >= 0.3 is 0 Å². The first-order chi connectivity index (χ1) is 7.13. The number of hydrogen-bond acceptors (Lipinski definition) is 2. The second kappa shape index (κ2) is 4.12. The van der Waals surface area contributed by atoms with E-state index >= 15 is 0 Å². The minimum Gasteiger partial charge on any atom is -0.385 e. The molecule has 0 aliphatic carbocycles. The highest BCUT2D eigenvalue weighted by Crippen LogP contribution is 2.37. The number of benzene rings is 1. The van der Waals surface area contributed by atoms with Gasteiger partial charge in [0, 0.05) is 10.6 Å². The van der Waals surface area contributed by atoms with Crippen LogP contribution in [0.5, 0.6) is 0 Å². The Labute approximate surface area is 95.3 Å². The summed E-state index contributed by atoms with van der Waals surface area (Å²) < 4.78 is 0. The Hall–Kier alpha value is -0.570. The van der Waals surface area contributed by atoms with Gasteiger partial charge in [-0.2, -0.15) is 0 Å². The third-order valence-electron chi connectivity index (χ3n) is 3.12. The van der Waals surface area contributed by atoms with E-state index in [9.17, 15) is 5.11 Å². The average molecular weight is 226 g/mol. The summed E-state index contributed by atoms with van der Waals surface area (Å²) >= 11 is 6.17. The molecule has 0 radical (unpaired) electrons. The number of aliphatic hydroxyl groups is 1. The molecule has 0 atom stereocenters. The Bertz CT molecular complexity index is 338. The van der Waals surface area contributed by atoms with Crippen LogP contribution < -0.4 is 5.32 Å². The molecule has 15 heavy (non-hydrogen) atoms. The maximum absolute atomic E-state index is 10.6. The summed E-state index contributed by atoms with van der Waals surface area (Å²) in [7, 11) is 0. The van der Waals surface area contributed by atoms with Gasteiger partial charge in [0.15, 0.2) is 0 Å². The van der Waals surface area contributed by atoms with E-state index in [4.69, 9.17) is 11.6 Å². The van der Waals surface area contributed by atoms with Crippen molar-refractivity contribution in [2.24, 2.45) is 0 Å². The van der Waals surface area contributed by atoms with Gasteiger partial charge in [-0.1, -0.05) is 23.7 Å². The number of aryl methyl sites for hydroxylation is 1. The molecule has 0 amide bonds. The Kier molecular flexibility index (Phi) is 3.01. The van der Waals surface area contributed by atoms with Crippen LogP contribution >= 0.6 is 11.6 Å². The van der Waals surface area contributed by atoms with Crippen molar-refractivity contribution in [1.82, 2.24) is 5.32 Å². The van der Waals surface area contributed by atoms with E-state index in [0.29, 0.717) is 5.02 Å². The number of rotatable bonds is 1. The van der Waals surface area contributed by atoms with Crippen molar-refractivity contribution in [2.75, 3.05) is 13.1 Å². The molecule has 2 rings (SSSR count). The minimum absolute atomic E-state index is 0.680. The highest BCUT2D eigenvalue weighted by Gasteiger charge is 2.33. The molecule has 1 aromatic rings. The summed E-state index contributed by atoms with van der Waals surface area (Å²) in [5.74, 6) is 0. The molecule has 1 saturated heterocycles. The number of piperidine rings is 1. The number of nitrogens with one attached hydrogen (secondary N) is 1. The maximum atomic E-state index is 10.6. The van der Waals surface area contributed by atoms with Gasteiger partial charge in [-0.05, 0) is 44.5 Å². The second-order valence-electron chi connectivity index (χ2n) is 4.21. The molecular formula is C12H16ClNO. The van der Waals surface area contributed by atoms with Crippen LogP contribution in [0, 0.1) is 6.92 Å². The van der Waals surface area contributed by atoms with E-state index in [1.807, 2.05) is 25.1 Å². The van der Waals surface area contributed by atoms with Crippen LogP contribution in [0.25, 0.3) is 0 Å². The van der Waals surface area contributed by atoms with Gasteiger partial charge in [0.25, 0.3) is 0 Å². The quantitative estimate of drug-likeness (QED) is 0.768. The molecule has 2 nitrogen and oxygen atoms in total. The molecule has 1 aliphatic heterocycles. The molecule has 1 fully saturated rings. The predicted molar refractivity (Wildman–Crippen MR) is 62.2 cm³/mol. The summed E-state index contributed by atoms with van der Waals surface area (Å²) in [6.07, 6.45) is 1.47. The summed E-state index contributed by atoms with van der Waals surface area (Å²) in [6.45, 7) is 3.70. The molecule has 82 valence electrons. The Balaban J connectivity index is 2.42. The minimum atomic E-state index is -0.742. The van der Waals surface area contributed by atoms with Gasteiger partial charge in [0.05, 0.1) is 5.60 Å². The fraction of sp³-hybridized carbons (Fsp3) is 0.500. The summed E-state index contributed by atoms with van der Waals surface area (Å²) in [5.41, 5.74) is 1.24. The van der Waals surface area contributed by atoms with Crippen molar-refractivity contribution in [1.29, 1.82) is 0 Å². The van der Waals surface area contributed by atoms with E-state index in [-0.39, 0.29) is 0 Å². The van der Waals surface area contributed by atoms with Crippen LogP contribution in [0.3, 0.4) is 0 Å². The summed E-state index contributed by atoms with van der Waals surface area (Å²) in [6, 6.07) is 5.77. The Morgan fingerprint density at radius 3 is 2.60 bits per heavy atom. The van der Waals surface area contributed by atoms with Gasteiger partial charge in [0.2, 0.25) is 0 Å². The molecular weight excluding hydrogens is 210 g/mol. The van der Waals surface area contributed by atoms with Crippen molar-refractivity contribution < 1.29 is 5.11 Å². The monoisotopic (exact) mass is 225 g/mol. The number of hydrogen-bond donors (Lipinski definition) is 2. The van der Waals surface area contributed by atoms with Crippen LogP contribution in [0.2, 0.25) is 5.02 Å². The largest absolute Gasteiger partial charge is 0.385 e. The van der Waals surface area contributed by atoms with Gasteiger partial charge in [0.1, 0.15) is 0 Å². The first kappa shape index (κ1) is 10.9.